The van der Waals surface area contributed by atoms with Gasteiger partial charge in [0.2, 0.25) is 0 Å². The van der Waals surface area contributed by atoms with Crippen LogP contribution in [0.15, 0.2) is 60.7 Å². The Morgan fingerprint density at radius 1 is 0.975 bits per heavy atom. The van der Waals surface area contributed by atoms with Crippen molar-refractivity contribution < 1.29 is 23.8 Å². The third kappa shape index (κ3) is 6.67. The molecule has 0 amide bonds. The predicted molar refractivity (Wildman–Crippen MR) is 155 cm³/mol. The number of hydrogen-bond acceptors (Lipinski definition) is 4. The van der Waals surface area contributed by atoms with Crippen molar-refractivity contribution in [1.82, 2.24) is 4.90 Å². The molecule has 1 saturated heterocycles. The first-order valence-corrected chi connectivity index (χ1v) is 14.5. The van der Waals surface area contributed by atoms with Gasteiger partial charge in [0.25, 0.3) is 0 Å². The molecule has 5 rings (SSSR count). The van der Waals surface area contributed by atoms with E-state index in [4.69, 9.17) is 9.47 Å². The number of rotatable bonds is 11. The third-order valence-electron chi connectivity index (χ3n) is 8.64. The number of carboxylic acids is 1. The maximum absolute atomic E-state index is 15.1. The average molecular weight is 546 g/mol. The highest BCUT2D eigenvalue weighted by molar-refractivity contribution is 5.70. The van der Waals surface area contributed by atoms with E-state index in [0.717, 1.165) is 60.2 Å². The lowest BCUT2D eigenvalue weighted by molar-refractivity contribution is -0.137. The summed E-state index contributed by atoms with van der Waals surface area (Å²) in [6.45, 7) is 5.66. The van der Waals surface area contributed by atoms with Gasteiger partial charge in [-0.05, 0) is 104 Å². The van der Waals surface area contributed by atoms with E-state index in [-0.39, 0.29) is 18.2 Å². The summed E-state index contributed by atoms with van der Waals surface area (Å²) in [5, 5.41) is 9.41. The quantitative estimate of drug-likeness (QED) is 0.266. The molecule has 2 fully saturated rings. The summed E-state index contributed by atoms with van der Waals surface area (Å²) in [4.78, 5) is 14.0. The molecule has 212 valence electrons. The van der Waals surface area contributed by atoms with E-state index >= 15 is 4.39 Å². The Morgan fingerprint density at radius 2 is 1.75 bits per heavy atom. The fraction of sp³-hybridized carbons (Fsp3) is 0.441. The first-order valence-electron chi connectivity index (χ1n) is 14.5. The van der Waals surface area contributed by atoms with Gasteiger partial charge in [0.1, 0.15) is 23.9 Å². The van der Waals surface area contributed by atoms with Gasteiger partial charge in [-0.2, -0.15) is 0 Å². The van der Waals surface area contributed by atoms with Gasteiger partial charge in [-0.25, -0.2) is 4.39 Å². The van der Waals surface area contributed by atoms with Crippen molar-refractivity contribution >= 4 is 5.97 Å². The van der Waals surface area contributed by atoms with Gasteiger partial charge in [0.15, 0.2) is 0 Å². The number of carbonyl (C=O) groups is 1. The van der Waals surface area contributed by atoms with E-state index in [2.05, 4.69) is 24.8 Å². The molecule has 0 aromatic heterocycles. The van der Waals surface area contributed by atoms with Gasteiger partial charge in [0, 0.05) is 24.2 Å². The molecule has 40 heavy (non-hydrogen) atoms. The number of likely N-dealkylation sites (tertiary alicyclic amines) is 1. The smallest absolute Gasteiger partial charge is 0.303 e. The summed E-state index contributed by atoms with van der Waals surface area (Å²) < 4.78 is 26.7. The Balaban J connectivity index is 1.41. The van der Waals surface area contributed by atoms with Crippen molar-refractivity contribution in [1.29, 1.82) is 0 Å². The van der Waals surface area contributed by atoms with Crippen molar-refractivity contribution in [2.45, 2.75) is 83.5 Å². The molecule has 3 aromatic carbocycles. The van der Waals surface area contributed by atoms with Gasteiger partial charge >= 0.3 is 5.97 Å². The van der Waals surface area contributed by atoms with Crippen LogP contribution >= 0.6 is 0 Å². The van der Waals surface area contributed by atoms with Gasteiger partial charge in [-0.15, -0.1) is 0 Å². The van der Waals surface area contributed by atoms with Crippen LogP contribution in [0.2, 0.25) is 0 Å². The second-order valence-electron chi connectivity index (χ2n) is 11.5. The average Bonchev–Trinajstić information content (AvgIpc) is 3.79. The first-order chi connectivity index (χ1) is 19.3. The van der Waals surface area contributed by atoms with Crippen molar-refractivity contribution in [3.8, 4) is 22.6 Å². The molecular formula is C34H40FNO4. The molecule has 1 N–H and O–H groups in total. The Hall–Kier alpha value is -3.38. The molecule has 0 unspecified atom stereocenters. The molecule has 3 aromatic rings. The zero-order valence-corrected chi connectivity index (χ0v) is 23.7. The summed E-state index contributed by atoms with van der Waals surface area (Å²) in [5.74, 6) is 0.795. The lowest BCUT2D eigenvalue weighted by Crippen LogP contribution is -2.43. The highest BCUT2D eigenvalue weighted by Gasteiger charge is 2.34. The van der Waals surface area contributed by atoms with Crippen LogP contribution in [0.1, 0.15) is 75.0 Å². The molecule has 0 spiro atoms. The lowest BCUT2D eigenvalue weighted by Gasteiger charge is -2.39. The van der Waals surface area contributed by atoms with E-state index in [1.165, 1.54) is 12.5 Å². The summed E-state index contributed by atoms with van der Waals surface area (Å²) in [5.41, 5.74) is 4.51. The largest absolute Gasteiger partial charge is 0.497 e. The first kappa shape index (κ1) is 28.2. The van der Waals surface area contributed by atoms with Crippen molar-refractivity contribution in [2.24, 2.45) is 5.92 Å². The number of nitrogens with zero attached hydrogens (tertiary/aromatic N) is 1. The van der Waals surface area contributed by atoms with Crippen LogP contribution in [0.25, 0.3) is 11.1 Å². The lowest BCUT2D eigenvalue weighted by atomic mass is 9.91. The van der Waals surface area contributed by atoms with E-state index in [9.17, 15) is 9.90 Å². The van der Waals surface area contributed by atoms with Crippen LogP contribution in [0.3, 0.4) is 0 Å². The molecular weight excluding hydrogens is 505 g/mol. The van der Waals surface area contributed by atoms with E-state index in [1.54, 1.807) is 19.2 Å². The van der Waals surface area contributed by atoms with Crippen LogP contribution in [-0.4, -0.2) is 35.2 Å². The number of methoxy groups -OCH3 is 1. The number of piperidine rings is 1. The summed E-state index contributed by atoms with van der Waals surface area (Å²) in [6, 6.07) is 19.8. The Labute approximate surface area is 236 Å². The second kappa shape index (κ2) is 12.4. The highest BCUT2D eigenvalue weighted by atomic mass is 19.1. The molecule has 6 heteroatoms. The number of aliphatic carboxylic acids is 1. The summed E-state index contributed by atoms with van der Waals surface area (Å²) in [7, 11) is 1.60. The SMILES string of the molecule is COc1ccc(F)c(-c2ccc(COc3cccc([C@@H](CC(=O)O)C4CC4)c3)cc2CN2[C@@H](C)CCC[C@@H]2C)c1. The number of halogens is 1. The van der Waals surface area contributed by atoms with Gasteiger partial charge in [-0.1, -0.05) is 36.8 Å². The van der Waals surface area contributed by atoms with Crippen LogP contribution in [0.4, 0.5) is 4.39 Å². The monoisotopic (exact) mass is 545 g/mol. The molecule has 1 saturated carbocycles. The van der Waals surface area contributed by atoms with E-state index < -0.39 is 5.97 Å². The zero-order valence-electron chi connectivity index (χ0n) is 23.7. The van der Waals surface area contributed by atoms with Crippen LogP contribution < -0.4 is 9.47 Å². The predicted octanol–water partition coefficient (Wildman–Crippen LogP) is 7.81. The van der Waals surface area contributed by atoms with Crippen molar-refractivity contribution in [2.75, 3.05) is 7.11 Å². The van der Waals surface area contributed by atoms with Crippen LogP contribution in [-0.2, 0) is 17.9 Å². The van der Waals surface area contributed by atoms with Crippen molar-refractivity contribution in [3.05, 3.63) is 83.2 Å². The van der Waals surface area contributed by atoms with Crippen molar-refractivity contribution in [3.63, 3.8) is 0 Å². The molecule has 0 radical (unpaired) electrons. The molecule has 3 atom stereocenters. The number of hydrogen-bond donors (Lipinski definition) is 1. The molecule has 2 aliphatic rings. The van der Waals surface area contributed by atoms with Gasteiger partial charge < -0.3 is 14.6 Å². The minimum absolute atomic E-state index is 0.0261. The Kier molecular flexibility index (Phi) is 8.75. The molecule has 1 aliphatic heterocycles. The normalized spacial score (nSPS) is 20.2. The molecule has 5 nitrogen and oxygen atoms in total. The fourth-order valence-electron chi connectivity index (χ4n) is 6.20. The van der Waals surface area contributed by atoms with E-state index in [0.29, 0.717) is 35.9 Å². The number of carboxylic acid groups (broad SMARTS) is 1. The molecule has 0 bridgehead atoms. The zero-order chi connectivity index (χ0) is 28.2. The summed E-state index contributed by atoms with van der Waals surface area (Å²) in [6.07, 6.45) is 5.87. The van der Waals surface area contributed by atoms with Gasteiger partial charge in [-0.3, -0.25) is 9.69 Å². The summed E-state index contributed by atoms with van der Waals surface area (Å²) >= 11 is 0. The maximum Gasteiger partial charge on any atom is 0.303 e. The van der Waals surface area contributed by atoms with Crippen LogP contribution in [0.5, 0.6) is 11.5 Å². The van der Waals surface area contributed by atoms with E-state index in [1.807, 2.05) is 36.4 Å². The minimum atomic E-state index is -0.763. The second-order valence-corrected chi connectivity index (χ2v) is 11.5. The number of ether oxygens (including phenoxy) is 2. The topological polar surface area (TPSA) is 59.0 Å². The fourth-order valence-corrected chi connectivity index (χ4v) is 6.20. The Morgan fingerprint density at radius 3 is 2.45 bits per heavy atom. The standard InChI is InChI=1S/C34H40FNO4/c1-22-6-4-7-23(2)36(22)20-27-16-24(10-14-30(27)32-18-28(39-3)13-15-33(32)35)21-40-29-9-5-8-26(17-29)31(19-34(37)38)25-11-12-25/h5,8-10,13-18,22-23,25,31H,4,6-7,11-12,19-21H2,1-3H3,(H,37,38)/t22-,23-,31-/m0/s1. The highest BCUT2D eigenvalue weighted by Crippen LogP contribution is 2.45. The molecule has 1 aliphatic carbocycles. The number of benzene rings is 3. The van der Waals surface area contributed by atoms with Gasteiger partial charge in [0.05, 0.1) is 13.5 Å². The van der Waals surface area contributed by atoms with Crippen LogP contribution in [0, 0.1) is 11.7 Å². The Bertz CT molecular complexity index is 1330. The minimum Gasteiger partial charge on any atom is -0.497 e. The third-order valence-corrected chi connectivity index (χ3v) is 8.64. The molecule has 1 heterocycles. The maximum atomic E-state index is 15.1.